The second-order valence-electron chi connectivity index (χ2n) is 2.78. The molecule has 0 rings (SSSR count). The number of aliphatic hydroxyl groups is 2. The summed E-state index contributed by atoms with van der Waals surface area (Å²) in [6.07, 6.45) is -0.680. The summed E-state index contributed by atoms with van der Waals surface area (Å²) in [4.78, 5) is 21.6. The Balaban J connectivity index is 3.79. The first-order valence-corrected chi connectivity index (χ1v) is 4.29. The third-order valence-corrected chi connectivity index (χ3v) is 1.61. The predicted octanol–water partition coefficient (Wildman–Crippen LogP) is -0.765. The van der Waals surface area contributed by atoms with Gasteiger partial charge in [-0.3, -0.25) is 9.59 Å². The lowest BCUT2D eigenvalue weighted by atomic mass is 10.2. The zero-order valence-electron chi connectivity index (χ0n) is 8.26. The lowest BCUT2D eigenvalue weighted by molar-refractivity contribution is -0.129. The summed E-state index contributed by atoms with van der Waals surface area (Å²) in [7, 11) is 0. The van der Waals surface area contributed by atoms with Crippen LogP contribution >= 0.6 is 0 Å². The molecule has 2 unspecified atom stereocenters. The normalized spacial score (nSPS) is 14.0. The molecule has 0 aliphatic carbocycles. The minimum absolute atomic E-state index is 0.285. The molecule has 5 heteroatoms. The van der Waals surface area contributed by atoms with Gasteiger partial charge < -0.3 is 14.9 Å². The zero-order valence-corrected chi connectivity index (χ0v) is 8.26. The summed E-state index contributed by atoms with van der Waals surface area (Å²) >= 11 is 0. The summed E-state index contributed by atoms with van der Waals surface area (Å²) in [6.45, 7) is 5.80. The molecule has 0 aliphatic rings. The molecule has 0 heterocycles. The van der Waals surface area contributed by atoms with Gasteiger partial charge in [-0.1, -0.05) is 13.2 Å². The van der Waals surface area contributed by atoms with E-state index in [-0.39, 0.29) is 13.2 Å². The molecule has 15 heavy (non-hydrogen) atoms. The average molecular weight is 214 g/mol. The van der Waals surface area contributed by atoms with E-state index in [0.717, 1.165) is 12.2 Å². The van der Waals surface area contributed by atoms with Gasteiger partial charge in [-0.25, -0.2) is 0 Å². The average Bonchev–Trinajstić information content (AvgIpc) is 2.26. The second-order valence-corrected chi connectivity index (χ2v) is 2.78. The second kappa shape index (κ2) is 7.05. The van der Waals surface area contributed by atoms with E-state index in [1.165, 1.54) is 0 Å². The third kappa shape index (κ3) is 5.21. The Morgan fingerprint density at radius 3 is 1.67 bits per heavy atom. The van der Waals surface area contributed by atoms with Crippen molar-refractivity contribution in [2.75, 3.05) is 13.2 Å². The molecular formula is C10H14O5. The van der Waals surface area contributed by atoms with Crippen molar-refractivity contribution in [1.82, 2.24) is 0 Å². The zero-order chi connectivity index (χ0) is 11.8. The highest BCUT2D eigenvalue weighted by Crippen LogP contribution is 1.93. The Labute approximate surface area is 87.7 Å². The smallest absolute Gasteiger partial charge is 0.185 e. The Bertz CT molecular complexity index is 233. The molecule has 0 radical (unpaired) electrons. The van der Waals surface area contributed by atoms with E-state index >= 15 is 0 Å². The van der Waals surface area contributed by atoms with E-state index in [2.05, 4.69) is 13.2 Å². The van der Waals surface area contributed by atoms with E-state index in [4.69, 9.17) is 14.9 Å². The van der Waals surface area contributed by atoms with Crippen LogP contribution in [-0.2, 0) is 14.3 Å². The Morgan fingerprint density at radius 1 is 1.07 bits per heavy atom. The topological polar surface area (TPSA) is 83.8 Å². The van der Waals surface area contributed by atoms with Crippen LogP contribution in [0.5, 0.6) is 0 Å². The molecule has 0 aliphatic heterocycles. The van der Waals surface area contributed by atoms with Gasteiger partial charge in [0.05, 0.1) is 13.2 Å². The molecule has 5 nitrogen and oxygen atoms in total. The van der Waals surface area contributed by atoms with Crippen LogP contribution in [0.1, 0.15) is 0 Å². The summed E-state index contributed by atoms with van der Waals surface area (Å²) in [5, 5.41) is 18.2. The standard InChI is InChI=1S/C10H14O5/c1-3-7(11)9(13)5-15-6-10(14)8(12)4-2/h3-4,9-10,13-14H,1-2,5-6H2. The molecule has 0 fully saturated rings. The lowest BCUT2D eigenvalue weighted by Gasteiger charge is -2.10. The molecule has 0 aromatic carbocycles. The van der Waals surface area contributed by atoms with Crippen LogP contribution in [0.15, 0.2) is 25.3 Å². The maximum Gasteiger partial charge on any atom is 0.185 e. The first kappa shape index (κ1) is 13.7. The van der Waals surface area contributed by atoms with Crippen molar-refractivity contribution in [3.05, 3.63) is 25.3 Å². The van der Waals surface area contributed by atoms with Gasteiger partial charge in [-0.05, 0) is 12.2 Å². The van der Waals surface area contributed by atoms with Crippen molar-refractivity contribution in [3.8, 4) is 0 Å². The predicted molar refractivity (Wildman–Crippen MR) is 53.2 cm³/mol. The van der Waals surface area contributed by atoms with Crippen LogP contribution in [0.2, 0.25) is 0 Å². The van der Waals surface area contributed by atoms with Gasteiger partial charge in [0.15, 0.2) is 11.6 Å². The van der Waals surface area contributed by atoms with Crippen molar-refractivity contribution >= 4 is 11.6 Å². The third-order valence-electron chi connectivity index (χ3n) is 1.61. The molecule has 2 atom stereocenters. The summed E-state index contributed by atoms with van der Waals surface area (Å²) in [5.41, 5.74) is 0. The maximum absolute atomic E-state index is 10.8. The van der Waals surface area contributed by atoms with Crippen LogP contribution in [0.3, 0.4) is 0 Å². The quantitative estimate of drug-likeness (QED) is 0.519. The Morgan fingerprint density at radius 2 is 1.40 bits per heavy atom. The maximum atomic E-state index is 10.8. The summed E-state index contributed by atoms with van der Waals surface area (Å²) in [6, 6.07) is 0. The lowest BCUT2D eigenvalue weighted by Crippen LogP contribution is -2.29. The fourth-order valence-electron chi connectivity index (χ4n) is 0.728. The highest BCUT2D eigenvalue weighted by molar-refractivity contribution is 5.93. The minimum atomic E-state index is -1.31. The van der Waals surface area contributed by atoms with E-state index in [0.29, 0.717) is 0 Å². The van der Waals surface area contributed by atoms with Crippen molar-refractivity contribution in [3.63, 3.8) is 0 Å². The first-order chi connectivity index (χ1) is 7.02. The molecule has 0 spiro atoms. The number of hydrogen-bond donors (Lipinski definition) is 2. The van der Waals surface area contributed by atoms with Crippen LogP contribution in [0.4, 0.5) is 0 Å². The number of carbonyl (C=O) groups excluding carboxylic acids is 2. The number of rotatable bonds is 8. The van der Waals surface area contributed by atoms with E-state index < -0.39 is 23.8 Å². The first-order valence-electron chi connectivity index (χ1n) is 4.29. The molecule has 0 bridgehead atoms. The monoisotopic (exact) mass is 214 g/mol. The molecule has 0 saturated carbocycles. The van der Waals surface area contributed by atoms with E-state index in [1.54, 1.807) is 0 Å². The highest BCUT2D eigenvalue weighted by atomic mass is 16.5. The molecular weight excluding hydrogens is 200 g/mol. The molecule has 2 N–H and O–H groups in total. The number of carbonyl (C=O) groups is 2. The van der Waals surface area contributed by atoms with Gasteiger partial charge in [-0.2, -0.15) is 0 Å². The van der Waals surface area contributed by atoms with E-state index in [1.807, 2.05) is 0 Å². The Kier molecular flexibility index (Phi) is 6.44. The minimum Gasteiger partial charge on any atom is -0.383 e. The number of ketones is 2. The summed E-state index contributed by atoms with van der Waals surface area (Å²) < 4.78 is 4.77. The van der Waals surface area contributed by atoms with Crippen molar-refractivity contribution in [1.29, 1.82) is 0 Å². The molecule has 84 valence electrons. The van der Waals surface area contributed by atoms with Gasteiger partial charge in [0.1, 0.15) is 12.2 Å². The molecule has 0 amide bonds. The van der Waals surface area contributed by atoms with Crippen LogP contribution in [0.25, 0.3) is 0 Å². The Hall–Kier alpha value is -1.30. The van der Waals surface area contributed by atoms with Crippen molar-refractivity contribution < 1.29 is 24.5 Å². The highest BCUT2D eigenvalue weighted by Gasteiger charge is 2.15. The number of aliphatic hydroxyl groups excluding tert-OH is 2. The van der Waals surface area contributed by atoms with Gasteiger partial charge in [-0.15, -0.1) is 0 Å². The fraction of sp³-hybridized carbons (Fsp3) is 0.400. The van der Waals surface area contributed by atoms with Crippen molar-refractivity contribution in [2.24, 2.45) is 0 Å². The van der Waals surface area contributed by atoms with Gasteiger partial charge >= 0.3 is 0 Å². The van der Waals surface area contributed by atoms with Gasteiger partial charge in [0.2, 0.25) is 0 Å². The molecule has 0 saturated heterocycles. The van der Waals surface area contributed by atoms with Gasteiger partial charge in [0, 0.05) is 0 Å². The van der Waals surface area contributed by atoms with Crippen molar-refractivity contribution in [2.45, 2.75) is 12.2 Å². The SMILES string of the molecule is C=CC(=O)C(O)COCC(O)C(=O)C=C. The van der Waals surface area contributed by atoms with Crippen LogP contribution in [-0.4, -0.2) is 47.2 Å². The summed E-state index contributed by atoms with van der Waals surface area (Å²) in [5.74, 6) is -1.14. The van der Waals surface area contributed by atoms with Gasteiger partial charge in [0.25, 0.3) is 0 Å². The van der Waals surface area contributed by atoms with Crippen LogP contribution < -0.4 is 0 Å². The molecule has 0 aromatic heterocycles. The van der Waals surface area contributed by atoms with Crippen LogP contribution in [0, 0.1) is 0 Å². The number of ether oxygens (including phenoxy) is 1. The van der Waals surface area contributed by atoms with E-state index in [9.17, 15) is 9.59 Å². The largest absolute Gasteiger partial charge is 0.383 e. The molecule has 0 aromatic rings. The number of hydrogen-bond acceptors (Lipinski definition) is 5. The fourth-order valence-corrected chi connectivity index (χ4v) is 0.728.